The molecule has 0 atom stereocenters. The van der Waals surface area contributed by atoms with Crippen LogP contribution in [-0.4, -0.2) is 11.9 Å². The van der Waals surface area contributed by atoms with Crippen LogP contribution < -0.4 is 10.6 Å². The minimum Gasteiger partial charge on any atom is -0.308 e. The second-order valence-corrected chi connectivity index (χ2v) is 7.94. The Hall–Kier alpha value is -1.56. The van der Waals surface area contributed by atoms with Crippen LogP contribution in [-0.2, 0) is 5.41 Å². The number of hydrogen-bond donors (Lipinski definition) is 2. The number of benzene rings is 1. The number of rotatable bonds is 2. The number of urea groups is 1. The zero-order valence-electron chi connectivity index (χ0n) is 12.9. The lowest BCUT2D eigenvalue weighted by atomic mass is 9.95. The molecule has 0 aliphatic rings. The predicted molar refractivity (Wildman–Crippen MR) is 96.0 cm³/mol. The molecule has 0 saturated heterocycles. The van der Waals surface area contributed by atoms with Crippen molar-refractivity contribution >= 4 is 52.2 Å². The lowest BCUT2D eigenvalue weighted by molar-refractivity contribution is 0.0971. The van der Waals surface area contributed by atoms with Gasteiger partial charge >= 0.3 is 6.03 Å². The molecule has 23 heavy (non-hydrogen) atoms. The molecular formula is C16H16Cl2N2O2S. The Morgan fingerprint density at radius 1 is 1.04 bits per heavy atom. The number of nitrogens with one attached hydrogen (secondary N) is 2. The minimum atomic E-state index is -0.640. The van der Waals surface area contributed by atoms with Crippen molar-refractivity contribution in [1.29, 1.82) is 0 Å². The molecule has 7 heteroatoms. The fraction of sp³-hybridized carbons (Fsp3) is 0.250. The van der Waals surface area contributed by atoms with Gasteiger partial charge in [-0.1, -0.05) is 44.0 Å². The quantitative estimate of drug-likeness (QED) is 0.751. The van der Waals surface area contributed by atoms with Gasteiger partial charge in [-0.3, -0.25) is 10.1 Å². The van der Waals surface area contributed by atoms with E-state index in [2.05, 4.69) is 31.4 Å². The monoisotopic (exact) mass is 370 g/mol. The third-order valence-corrected chi connectivity index (χ3v) is 4.86. The van der Waals surface area contributed by atoms with Gasteiger partial charge in [-0.05, 0) is 35.7 Å². The first kappa shape index (κ1) is 17.8. The van der Waals surface area contributed by atoms with E-state index < -0.39 is 11.9 Å². The van der Waals surface area contributed by atoms with E-state index in [-0.39, 0.29) is 5.41 Å². The van der Waals surface area contributed by atoms with Gasteiger partial charge in [-0.15, -0.1) is 11.3 Å². The van der Waals surface area contributed by atoms with Crippen LogP contribution in [0.25, 0.3) is 0 Å². The van der Waals surface area contributed by atoms with Crippen LogP contribution in [0, 0.1) is 0 Å². The van der Waals surface area contributed by atoms with Gasteiger partial charge in [-0.25, -0.2) is 4.79 Å². The Bertz CT molecular complexity index is 731. The van der Waals surface area contributed by atoms with Gasteiger partial charge in [0.15, 0.2) is 0 Å². The first-order valence-corrected chi connectivity index (χ1v) is 8.41. The summed E-state index contributed by atoms with van der Waals surface area (Å²) in [7, 11) is 0. The predicted octanol–water partition coefficient (Wildman–Crippen LogP) is 5.31. The molecule has 0 aliphatic carbocycles. The summed E-state index contributed by atoms with van der Waals surface area (Å²) >= 11 is 13.1. The zero-order chi connectivity index (χ0) is 17.2. The number of halogens is 2. The molecule has 2 aromatic rings. The second-order valence-electron chi connectivity index (χ2n) is 5.98. The topological polar surface area (TPSA) is 58.2 Å². The fourth-order valence-electron chi connectivity index (χ4n) is 1.82. The summed E-state index contributed by atoms with van der Waals surface area (Å²) in [6.45, 7) is 6.20. The Morgan fingerprint density at radius 2 is 1.65 bits per heavy atom. The maximum atomic E-state index is 12.1. The average Bonchev–Trinajstić information content (AvgIpc) is 2.86. The van der Waals surface area contributed by atoms with Gasteiger partial charge in [-0.2, -0.15) is 0 Å². The molecule has 0 unspecified atom stereocenters. The molecule has 1 aromatic heterocycles. The molecule has 0 saturated carbocycles. The van der Waals surface area contributed by atoms with Crippen molar-refractivity contribution < 1.29 is 9.59 Å². The van der Waals surface area contributed by atoms with Crippen molar-refractivity contribution in [3.63, 3.8) is 0 Å². The maximum absolute atomic E-state index is 12.1. The molecule has 1 heterocycles. The third-order valence-electron chi connectivity index (χ3n) is 2.92. The Morgan fingerprint density at radius 3 is 2.17 bits per heavy atom. The summed E-state index contributed by atoms with van der Waals surface area (Å²) in [6, 6.07) is 7.61. The van der Waals surface area contributed by atoms with E-state index in [4.69, 9.17) is 23.2 Å². The molecule has 2 rings (SSSR count). The first-order chi connectivity index (χ1) is 10.6. The van der Waals surface area contributed by atoms with Gasteiger partial charge in [0.25, 0.3) is 5.91 Å². The number of hydrogen-bond acceptors (Lipinski definition) is 3. The molecule has 4 nitrogen and oxygen atoms in total. The van der Waals surface area contributed by atoms with E-state index in [0.717, 1.165) is 4.88 Å². The van der Waals surface area contributed by atoms with Crippen molar-refractivity contribution in [2.75, 3.05) is 5.32 Å². The molecule has 1 aromatic carbocycles. The van der Waals surface area contributed by atoms with E-state index in [9.17, 15) is 9.59 Å². The Labute approximate surface area is 148 Å². The highest BCUT2D eigenvalue weighted by Gasteiger charge is 2.19. The summed E-state index contributed by atoms with van der Waals surface area (Å²) in [5.41, 5.74) is 0.373. The molecule has 0 fully saturated rings. The van der Waals surface area contributed by atoms with Crippen LogP contribution in [0.4, 0.5) is 10.5 Å². The smallest absolute Gasteiger partial charge is 0.308 e. The molecule has 3 amide bonds. The minimum absolute atomic E-state index is 0.0387. The average molecular weight is 371 g/mol. The number of thiophene rings is 1. The highest BCUT2D eigenvalue weighted by Crippen LogP contribution is 2.29. The van der Waals surface area contributed by atoms with Crippen molar-refractivity contribution in [3.05, 3.63) is 50.1 Å². The fourth-order valence-corrected chi connectivity index (χ4v) is 3.30. The van der Waals surface area contributed by atoms with E-state index in [1.807, 2.05) is 6.07 Å². The zero-order valence-corrected chi connectivity index (χ0v) is 15.2. The highest BCUT2D eigenvalue weighted by molar-refractivity contribution is 7.14. The lowest BCUT2D eigenvalue weighted by Gasteiger charge is -2.15. The van der Waals surface area contributed by atoms with E-state index in [0.29, 0.717) is 20.6 Å². The number of carbonyl (C=O) groups is 2. The van der Waals surface area contributed by atoms with Gasteiger partial charge in [0.05, 0.1) is 4.88 Å². The van der Waals surface area contributed by atoms with Crippen LogP contribution in [0.3, 0.4) is 0 Å². The van der Waals surface area contributed by atoms with Crippen molar-refractivity contribution in [3.8, 4) is 0 Å². The number of carbonyl (C=O) groups excluding carboxylic acids is 2. The second kappa shape index (κ2) is 6.91. The molecule has 0 radical (unpaired) electrons. The number of imide groups is 1. The number of amides is 3. The molecule has 0 bridgehead atoms. The highest BCUT2D eigenvalue weighted by atomic mass is 35.5. The van der Waals surface area contributed by atoms with Crippen LogP contribution in [0.1, 0.15) is 35.3 Å². The van der Waals surface area contributed by atoms with E-state index in [1.54, 1.807) is 24.3 Å². The van der Waals surface area contributed by atoms with Gasteiger partial charge in [0.2, 0.25) is 0 Å². The van der Waals surface area contributed by atoms with Crippen LogP contribution in [0.2, 0.25) is 10.0 Å². The first-order valence-electron chi connectivity index (χ1n) is 6.84. The van der Waals surface area contributed by atoms with Crippen LogP contribution >= 0.6 is 34.5 Å². The third kappa shape index (κ3) is 4.96. The standard InChI is InChI=1S/C16H16Cl2N2O2S/c1-16(2,3)13-5-4-12(23-13)14(21)20-15(22)19-11-7-9(17)6-10(18)8-11/h4-8H,1-3H3,(H2,19,20,21,22). The Kier molecular flexibility index (Phi) is 5.34. The summed E-state index contributed by atoms with van der Waals surface area (Å²) in [5.74, 6) is -0.448. The summed E-state index contributed by atoms with van der Waals surface area (Å²) < 4.78 is 0. The van der Waals surface area contributed by atoms with Crippen LogP contribution in [0.15, 0.2) is 30.3 Å². The SMILES string of the molecule is CC(C)(C)c1ccc(C(=O)NC(=O)Nc2cc(Cl)cc(Cl)c2)s1. The van der Waals surface area contributed by atoms with Crippen molar-refractivity contribution in [2.45, 2.75) is 26.2 Å². The largest absolute Gasteiger partial charge is 0.326 e. The molecule has 122 valence electrons. The maximum Gasteiger partial charge on any atom is 0.326 e. The van der Waals surface area contributed by atoms with E-state index >= 15 is 0 Å². The van der Waals surface area contributed by atoms with Gasteiger partial charge in [0, 0.05) is 20.6 Å². The molecular weight excluding hydrogens is 355 g/mol. The van der Waals surface area contributed by atoms with Gasteiger partial charge < -0.3 is 5.32 Å². The summed E-state index contributed by atoms with van der Waals surface area (Å²) in [5, 5.41) is 5.60. The lowest BCUT2D eigenvalue weighted by Crippen LogP contribution is -2.33. The molecule has 2 N–H and O–H groups in total. The Balaban J connectivity index is 2.02. The van der Waals surface area contributed by atoms with Gasteiger partial charge in [0.1, 0.15) is 0 Å². The molecule has 0 aliphatic heterocycles. The summed E-state index contributed by atoms with van der Waals surface area (Å²) in [4.78, 5) is 25.6. The van der Waals surface area contributed by atoms with Crippen molar-refractivity contribution in [1.82, 2.24) is 5.32 Å². The van der Waals surface area contributed by atoms with Crippen molar-refractivity contribution in [2.24, 2.45) is 0 Å². The normalized spacial score (nSPS) is 11.2. The van der Waals surface area contributed by atoms with E-state index in [1.165, 1.54) is 11.3 Å². The van der Waals surface area contributed by atoms with Crippen LogP contribution in [0.5, 0.6) is 0 Å². The summed E-state index contributed by atoms with van der Waals surface area (Å²) in [6.07, 6.45) is 0. The molecule has 0 spiro atoms. The number of anilines is 1.